The number of nitrogens with one attached hydrogen (secondary N) is 1. The smallest absolute Gasteiger partial charge is 0.291 e. The molecule has 0 spiro atoms. The second kappa shape index (κ2) is 5.72. The Morgan fingerprint density at radius 2 is 1.95 bits per heavy atom. The largest absolute Gasteiger partial charge is 0.459 e. The van der Waals surface area contributed by atoms with Crippen molar-refractivity contribution in [2.45, 2.75) is 6.54 Å². The first-order chi connectivity index (χ1) is 9.15. The molecule has 98 valence electrons. The minimum Gasteiger partial charge on any atom is -0.459 e. The average Bonchev–Trinajstić information content (AvgIpc) is 2.92. The van der Waals surface area contributed by atoms with E-state index in [0.717, 1.165) is 5.56 Å². The van der Waals surface area contributed by atoms with Crippen LogP contribution in [-0.2, 0) is 6.54 Å². The van der Waals surface area contributed by atoms with Crippen LogP contribution in [-0.4, -0.2) is 11.9 Å². The molecule has 19 heavy (non-hydrogen) atoms. The average molecular weight is 258 g/mol. The highest BCUT2D eigenvalue weighted by Gasteiger charge is 2.08. The summed E-state index contributed by atoms with van der Waals surface area (Å²) >= 11 is 0. The van der Waals surface area contributed by atoms with Gasteiger partial charge < -0.3 is 21.2 Å². The summed E-state index contributed by atoms with van der Waals surface area (Å²) in [5.41, 5.74) is 12.1. The van der Waals surface area contributed by atoms with Crippen molar-refractivity contribution in [2.24, 2.45) is 16.5 Å². The Bertz CT molecular complexity index is 569. The van der Waals surface area contributed by atoms with E-state index in [1.165, 1.54) is 6.26 Å². The van der Waals surface area contributed by atoms with Crippen LogP contribution in [0.2, 0.25) is 0 Å². The van der Waals surface area contributed by atoms with Crippen LogP contribution in [0.1, 0.15) is 16.1 Å². The van der Waals surface area contributed by atoms with Gasteiger partial charge in [0.15, 0.2) is 11.7 Å². The predicted octanol–water partition coefficient (Wildman–Crippen LogP) is 1.31. The maximum Gasteiger partial charge on any atom is 0.291 e. The molecular formula is C13H14N4O2. The van der Waals surface area contributed by atoms with E-state index in [2.05, 4.69) is 10.3 Å². The van der Waals surface area contributed by atoms with Gasteiger partial charge in [-0.2, -0.15) is 0 Å². The van der Waals surface area contributed by atoms with E-state index < -0.39 is 0 Å². The Kier molecular flexibility index (Phi) is 3.82. The highest BCUT2D eigenvalue weighted by molar-refractivity contribution is 6.02. The number of nitrogens with two attached hydrogens (primary N) is 2. The molecule has 2 aromatic rings. The number of carbonyl (C=O) groups excluding carboxylic acids is 1. The molecule has 6 nitrogen and oxygen atoms in total. The zero-order valence-electron chi connectivity index (χ0n) is 10.2. The summed E-state index contributed by atoms with van der Waals surface area (Å²) in [5, 5.41) is 2.72. The maximum atomic E-state index is 11.7. The van der Waals surface area contributed by atoms with Gasteiger partial charge in [0.1, 0.15) is 0 Å². The van der Waals surface area contributed by atoms with Gasteiger partial charge in [0.2, 0.25) is 0 Å². The summed E-state index contributed by atoms with van der Waals surface area (Å²) in [6, 6.07) is 10.5. The zero-order chi connectivity index (χ0) is 13.7. The number of anilines is 1. The van der Waals surface area contributed by atoms with Crippen LogP contribution in [0.5, 0.6) is 0 Å². The van der Waals surface area contributed by atoms with E-state index in [1.807, 2.05) is 12.1 Å². The molecule has 0 radical (unpaired) electrons. The summed E-state index contributed by atoms with van der Waals surface area (Å²) in [4.78, 5) is 15.6. The molecule has 5 N–H and O–H groups in total. The van der Waals surface area contributed by atoms with Crippen LogP contribution in [0.25, 0.3) is 0 Å². The SMILES string of the molecule is NC(N)=NCc1ccc(NC(=O)c2ccco2)cc1. The summed E-state index contributed by atoms with van der Waals surface area (Å²) in [6.07, 6.45) is 1.45. The number of guanidine groups is 1. The molecule has 0 aliphatic rings. The van der Waals surface area contributed by atoms with Crippen molar-refractivity contribution in [1.82, 2.24) is 0 Å². The molecule has 1 heterocycles. The molecule has 1 amide bonds. The first-order valence-electron chi connectivity index (χ1n) is 5.64. The van der Waals surface area contributed by atoms with Crippen molar-refractivity contribution in [3.63, 3.8) is 0 Å². The van der Waals surface area contributed by atoms with Gasteiger partial charge >= 0.3 is 0 Å². The lowest BCUT2D eigenvalue weighted by molar-refractivity contribution is 0.0996. The first-order valence-corrected chi connectivity index (χ1v) is 5.64. The summed E-state index contributed by atoms with van der Waals surface area (Å²) in [7, 11) is 0. The molecule has 1 aromatic heterocycles. The monoisotopic (exact) mass is 258 g/mol. The molecule has 1 aromatic carbocycles. The van der Waals surface area contributed by atoms with Gasteiger partial charge in [-0.25, -0.2) is 4.99 Å². The minimum absolute atomic E-state index is 0.0511. The molecule has 0 saturated carbocycles. The molecule has 0 atom stereocenters. The molecule has 6 heteroatoms. The molecule has 0 bridgehead atoms. The maximum absolute atomic E-state index is 11.7. The molecule has 0 saturated heterocycles. The lowest BCUT2D eigenvalue weighted by Crippen LogP contribution is -2.22. The van der Waals surface area contributed by atoms with Gasteiger partial charge in [0.25, 0.3) is 5.91 Å². The summed E-state index contributed by atoms with van der Waals surface area (Å²) < 4.78 is 5.00. The standard InChI is InChI=1S/C13H14N4O2/c14-13(15)16-8-9-3-5-10(6-4-9)17-12(18)11-2-1-7-19-11/h1-7H,8H2,(H,17,18)(H4,14,15,16). The number of furan rings is 1. The van der Waals surface area contributed by atoms with Gasteiger partial charge in [-0.3, -0.25) is 4.79 Å². The van der Waals surface area contributed by atoms with Crippen LogP contribution >= 0.6 is 0 Å². The third kappa shape index (κ3) is 3.60. The van der Waals surface area contributed by atoms with Crippen LogP contribution in [0, 0.1) is 0 Å². The van der Waals surface area contributed by atoms with Gasteiger partial charge in [-0.15, -0.1) is 0 Å². The van der Waals surface area contributed by atoms with Gasteiger partial charge in [0, 0.05) is 5.69 Å². The van der Waals surface area contributed by atoms with Crippen molar-refractivity contribution in [2.75, 3.05) is 5.32 Å². The van der Waals surface area contributed by atoms with Crippen LogP contribution in [0.3, 0.4) is 0 Å². The fourth-order valence-electron chi connectivity index (χ4n) is 1.48. The highest BCUT2D eigenvalue weighted by atomic mass is 16.3. The number of carbonyl (C=O) groups is 1. The van der Waals surface area contributed by atoms with E-state index in [4.69, 9.17) is 15.9 Å². The van der Waals surface area contributed by atoms with Crippen molar-refractivity contribution in [3.8, 4) is 0 Å². The Labute approximate surface area is 110 Å². The Morgan fingerprint density at radius 3 is 2.53 bits per heavy atom. The fraction of sp³-hybridized carbons (Fsp3) is 0.0769. The van der Waals surface area contributed by atoms with Crippen molar-refractivity contribution in [3.05, 3.63) is 54.0 Å². The van der Waals surface area contributed by atoms with E-state index in [9.17, 15) is 4.79 Å². The van der Waals surface area contributed by atoms with Gasteiger partial charge in [-0.1, -0.05) is 12.1 Å². The van der Waals surface area contributed by atoms with Crippen LogP contribution < -0.4 is 16.8 Å². The minimum atomic E-state index is -0.290. The normalized spacial score (nSPS) is 9.89. The predicted molar refractivity (Wildman–Crippen MR) is 72.6 cm³/mol. The summed E-state index contributed by atoms with van der Waals surface area (Å²) in [6.45, 7) is 0.411. The Morgan fingerprint density at radius 1 is 1.21 bits per heavy atom. The molecule has 0 unspecified atom stereocenters. The molecular weight excluding hydrogens is 244 g/mol. The van der Waals surface area contributed by atoms with Gasteiger partial charge in [-0.05, 0) is 29.8 Å². The second-order valence-electron chi connectivity index (χ2n) is 3.87. The van der Waals surface area contributed by atoms with Crippen LogP contribution in [0.15, 0.2) is 52.1 Å². The third-order valence-corrected chi connectivity index (χ3v) is 2.40. The topological polar surface area (TPSA) is 107 Å². The van der Waals surface area contributed by atoms with Crippen molar-refractivity contribution < 1.29 is 9.21 Å². The number of benzene rings is 1. The Hall–Kier alpha value is -2.76. The molecule has 0 aliphatic heterocycles. The number of aliphatic imine (C=N–C) groups is 1. The van der Waals surface area contributed by atoms with E-state index in [0.29, 0.717) is 12.2 Å². The number of hydrogen-bond acceptors (Lipinski definition) is 3. The fourth-order valence-corrected chi connectivity index (χ4v) is 1.48. The highest BCUT2D eigenvalue weighted by Crippen LogP contribution is 2.12. The Balaban J connectivity index is 1.99. The number of rotatable bonds is 4. The van der Waals surface area contributed by atoms with E-state index in [-0.39, 0.29) is 17.6 Å². The first kappa shape index (κ1) is 12.7. The van der Waals surface area contributed by atoms with Crippen molar-refractivity contribution >= 4 is 17.6 Å². The summed E-state index contributed by atoms with van der Waals surface area (Å²) in [5.74, 6) is 0.0294. The number of amides is 1. The zero-order valence-corrected chi connectivity index (χ0v) is 10.2. The lowest BCUT2D eigenvalue weighted by atomic mass is 10.2. The van der Waals surface area contributed by atoms with E-state index in [1.54, 1.807) is 24.3 Å². The molecule has 0 fully saturated rings. The van der Waals surface area contributed by atoms with Crippen LogP contribution in [0.4, 0.5) is 5.69 Å². The van der Waals surface area contributed by atoms with E-state index >= 15 is 0 Å². The lowest BCUT2D eigenvalue weighted by Gasteiger charge is -2.04. The molecule has 2 rings (SSSR count). The number of hydrogen-bond donors (Lipinski definition) is 3. The third-order valence-electron chi connectivity index (χ3n) is 2.40. The quantitative estimate of drug-likeness (QED) is 0.567. The van der Waals surface area contributed by atoms with Gasteiger partial charge in [0.05, 0.1) is 12.8 Å². The second-order valence-corrected chi connectivity index (χ2v) is 3.87. The number of nitrogens with zero attached hydrogens (tertiary/aromatic N) is 1. The van der Waals surface area contributed by atoms with Crippen molar-refractivity contribution in [1.29, 1.82) is 0 Å². The molecule has 0 aliphatic carbocycles.